The molecule has 2 aliphatic carbocycles. The van der Waals surface area contributed by atoms with E-state index in [-0.39, 0.29) is 17.9 Å². The van der Waals surface area contributed by atoms with E-state index < -0.39 is 52.6 Å². The van der Waals surface area contributed by atoms with E-state index in [2.05, 4.69) is 6.58 Å². The molecule has 0 amide bonds. The van der Waals surface area contributed by atoms with Crippen LogP contribution in [0.5, 0.6) is 0 Å². The number of rotatable bonds is 3. The summed E-state index contributed by atoms with van der Waals surface area (Å²) in [5, 5.41) is 21.7. The second-order valence-corrected chi connectivity index (χ2v) is 8.81. The predicted molar refractivity (Wildman–Crippen MR) is 98.9 cm³/mol. The highest BCUT2D eigenvalue weighted by Gasteiger charge is 2.67. The van der Waals surface area contributed by atoms with E-state index in [1.165, 1.54) is 6.92 Å². The highest BCUT2D eigenvalue weighted by molar-refractivity contribution is 6.21. The number of carbonyl (C=O) groups is 2. The third-order valence-corrected chi connectivity index (χ3v) is 7.17. The summed E-state index contributed by atoms with van der Waals surface area (Å²) in [4.78, 5) is 24.7. The lowest BCUT2D eigenvalue weighted by atomic mass is 9.74. The second-order valence-electron chi connectivity index (χ2n) is 8.28. The van der Waals surface area contributed by atoms with Gasteiger partial charge in [-0.1, -0.05) is 20.4 Å². The SMILES string of the molecule is C=C1C(=O)O[C@H]2[C@H]1[C@@H](OC(=O)[C@H](C)CC)C=C(C)[C@]1(O)C[C@@H](Cl)[C@](C)(O)[C@H]21. The fourth-order valence-corrected chi connectivity index (χ4v) is 4.95. The standard InChI is InChI=1S/C20H27ClO6/c1-6-9(2)17(22)26-12-7-10(3)20(25)8-13(21)19(5,24)16(20)15-14(12)11(4)18(23)27-15/h7,9,12-16,24-25H,4,6,8H2,1-3,5H3/t9-,12+,13-,14-,15+,16+,19+,20-/m1/s1. The topological polar surface area (TPSA) is 93.1 Å². The van der Waals surface area contributed by atoms with Crippen molar-refractivity contribution in [1.82, 2.24) is 0 Å². The summed E-state index contributed by atoms with van der Waals surface area (Å²) in [5.74, 6) is -2.85. The first-order chi connectivity index (χ1) is 12.4. The van der Waals surface area contributed by atoms with Crippen LogP contribution in [0.1, 0.15) is 40.5 Å². The van der Waals surface area contributed by atoms with Crippen LogP contribution in [-0.4, -0.2) is 50.9 Å². The maximum absolute atomic E-state index is 12.4. The van der Waals surface area contributed by atoms with Gasteiger partial charge in [0.15, 0.2) is 0 Å². The monoisotopic (exact) mass is 398 g/mol. The smallest absolute Gasteiger partial charge is 0.334 e. The van der Waals surface area contributed by atoms with Crippen LogP contribution < -0.4 is 0 Å². The van der Waals surface area contributed by atoms with Crippen LogP contribution in [0.3, 0.4) is 0 Å². The number of esters is 2. The molecule has 2 N–H and O–H groups in total. The molecule has 0 aromatic rings. The first kappa shape index (κ1) is 20.4. The molecule has 0 radical (unpaired) electrons. The van der Waals surface area contributed by atoms with Gasteiger partial charge in [-0.2, -0.15) is 0 Å². The molecule has 6 nitrogen and oxygen atoms in total. The van der Waals surface area contributed by atoms with Gasteiger partial charge in [-0.3, -0.25) is 4.79 Å². The number of ether oxygens (including phenoxy) is 2. The molecule has 0 aromatic carbocycles. The van der Waals surface area contributed by atoms with Crippen molar-refractivity contribution >= 4 is 23.5 Å². The highest BCUT2D eigenvalue weighted by atomic mass is 35.5. The Kier molecular flexibility index (Phi) is 4.98. The van der Waals surface area contributed by atoms with Gasteiger partial charge >= 0.3 is 11.9 Å². The molecule has 1 saturated carbocycles. The largest absolute Gasteiger partial charge is 0.458 e. The van der Waals surface area contributed by atoms with E-state index in [4.69, 9.17) is 21.1 Å². The summed E-state index contributed by atoms with van der Waals surface area (Å²) in [6.45, 7) is 10.7. The number of carbonyl (C=O) groups excluding carboxylic acids is 2. The molecule has 1 heterocycles. The highest BCUT2D eigenvalue weighted by Crippen LogP contribution is 2.56. The lowest BCUT2D eigenvalue weighted by Gasteiger charge is -2.39. The molecule has 2 fully saturated rings. The average molecular weight is 399 g/mol. The molecule has 3 rings (SSSR count). The first-order valence-electron chi connectivity index (χ1n) is 9.33. The van der Waals surface area contributed by atoms with E-state index in [0.717, 1.165) is 0 Å². The van der Waals surface area contributed by atoms with Crippen molar-refractivity contribution in [2.24, 2.45) is 17.8 Å². The summed E-state index contributed by atoms with van der Waals surface area (Å²) < 4.78 is 11.2. The van der Waals surface area contributed by atoms with Crippen molar-refractivity contribution in [2.45, 2.75) is 69.3 Å². The summed E-state index contributed by atoms with van der Waals surface area (Å²) in [5.41, 5.74) is -2.24. The number of hydrogen-bond donors (Lipinski definition) is 2. The number of aliphatic hydroxyl groups is 2. The lowest BCUT2D eigenvalue weighted by molar-refractivity contribution is -0.160. The predicted octanol–water partition coefficient (Wildman–Crippen LogP) is 2.11. The fraction of sp³-hybridized carbons (Fsp3) is 0.700. The molecule has 7 heteroatoms. The van der Waals surface area contributed by atoms with E-state index in [1.54, 1.807) is 19.9 Å². The van der Waals surface area contributed by atoms with Crippen molar-refractivity contribution in [3.05, 3.63) is 23.8 Å². The van der Waals surface area contributed by atoms with Gasteiger partial charge in [0.1, 0.15) is 12.2 Å². The van der Waals surface area contributed by atoms with E-state index in [1.807, 2.05) is 6.92 Å². The van der Waals surface area contributed by atoms with Crippen LogP contribution >= 0.6 is 11.6 Å². The maximum atomic E-state index is 12.4. The molecule has 1 saturated heterocycles. The molecule has 0 unspecified atom stereocenters. The van der Waals surface area contributed by atoms with Gasteiger partial charge in [0.2, 0.25) is 0 Å². The fourth-order valence-electron chi connectivity index (χ4n) is 4.58. The Morgan fingerprint density at radius 3 is 2.74 bits per heavy atom. The summed E-state index contributed by atoms with van der Waals surface area (Å²) in [6.07, 6.45) is 0.671. The Labute approximate surface area is 164 Å². The molecule has 8 atom stereocenters. The van der Waals surface area contributed by atoms with Crippen molar-refractivity contribution in [3.63, 3.8) is 0 Å². The Morgan fingerprint density at radius 1 is 1.52 bits per heavy atom. The van der Waals surface area contributed by atoms with Crippen LogP contribution in [0.2, 0.25) is 0 Å². The molecule has 3 aliphatic rings. The van der Waals surface area contributed by atoms with E-state index in [9.17, 15) is 19.8 Å². The third kappa shape index (κ3) is 2.93. The number of hydrogen-bond acceptors (Lipinski definition) is 6. The lowest BCUT2D eigenvalue weighted by Crippen LogP contribution is -2.52. The van der Waals surface area contributed by atoms with Crippen LogP contribution in [-0.2, 0) is 19.1 Å². The van der Waals surface area contributed by atoms with Crippen LogP contribution in [0.25, 0.3) is 0 Å². The van der Waals surface area contributed by atoms with E-state index in [0.29, 0.717) is 12.0 Å². The van der Waals surface area contributed by atoms with Crippen LogP contribution in [0.15, 0.2) is 23.8 Å². The molecular formula is C20H27ClO6. The van der Waals surface area contributed by atoms with Crippen molar-refractivity contribution < 1.29 is 29.3 Å². The normalized spacial score (nSPS) is 44.7. The zero-order valence-corrected chi connectivity index (χ0v) is 16.8. The maximum Gasteiger partial charge on any atom is 0.334 e. The number of halogens is 1. The zero-order valence-electron chi connectivity index (χ0n) is 16.1. The van der Waals surface area contributed by atoms with Gasteiger partial charge in [0.25, 0.3) is 0 Å². The first-order valence-corrected chi connectivity index (χ1v) is 9.76. The summed E-state index contributed by atoms with van der Waals surface area (Å²) in [6, 6.07) is 0. The van der Waals surface area contributed by atoms with Crippen molar-refractivity contribution in [3.8, 4) is 0 Å². The zero-order chi connectivity index (χ0) is 20.3. The molecule has 1 aliphatic heterocycles. The minimum absolute atomic E-state index is 0.105. The molecule has 0 bridgehead atoms. The molecule has 0 aromatic heterocycles. The summed E-state index contributed by atoms with van der Waals surface area (Å²) >= 11 is 6.35. The van der Waals surface area contributed by atoms with Gasteiger partial charge < -0.3 is 19.7 Å². The Balaban J connectivity index is 2.09. The minimum atomic E-state index is -1.48. The third-order valence-electron chi connectivity index (χ3n) is 6.58. The Hall–Kier alpha value is -1.37. The molecular weight excluding hydrogens is 372 g/mol. The van der Waals surface area contributed by atoms with Gasteiger partial charge in [0.05, 0.1) is 34.3 Å². The average Bonchev–Trinajstić information content (AvgIpc) is 2.92. The summed E-state index contributed by atoms with van der Waals surface area (Å²) in [7, 11) is 0. The molecule has 27 heavy (non-hydrogen) atoms. The van der Waals surface area contributed by atoms with Gasteiger partial charge in [-0.05, 0) is 38.3 Å². The van der Waals surface area contributed by atoms with Gasteiger partial charge in [-0.25, -0.2) is 4.79 Å². The Bertz CT molecular complexity index is 713. The van der Waals surface area contributed by atoms with Crippen LogP contribution in [0, 0.1) is 17.8 Å². The van der Waals surface area contributed by atoms with Crippen LogP contribution in [0.4, 0.5) is 0 Å². The quantitative estimate of drug-likeness (QED) is 0.327. The Morgan fingerprint density at radius 2 is 2.15 bits per heavy atom. The van der Waals surface area contributed by atoms with Gasteiger partial charge in [-0.15, -0.1) is 11.6 Å². The van der Waals surface area contributed by atoms with Crippen molar-refractivity contribution in [1.29, 1.82) is 0 Å². The molecule has 0 spiro atoms. The second kappa shape index (κ2) is 6.61. The minimum Gasteiger partial charge on any atom is -0.458 e. The van der Waals surface area contributed by atoms with E-state index >= 15 is 0 Å². The number of alkyl halides is 1. The van der Waals surface area contributed by atoms with Gasteiger partial charge in [0, 0.05) is 5.57 Å². The number of fused-ring (bicyclic) bond motifs is 3. The molecule has 150 valence electrons. The van der Waals surface area contributed by atoms with Crippen molar-refractivity contribution in [2.75, 3.05) is 0 Å².